The van der Waals surface area contributed by atoms with Crippen LogP contribution in [0, 0.1) is 0 Å². The van der Waals surface area contributed by atoms with Crippen LogP contribution in [-0.2, 0) is 21.2 Å². The number of benzene rings is 2. The summed E-state index contributed by atoms with van der Waals surface area (Å²) in [6.45, 7) is 2.28. The molecule has 0 bridgehead atoms. The topological polar surface area (TPSA) is 88.3 Å². The Hall–Kier alpha value is -2.03. The highest BCUT2D eigenvalue weighted by atomic mass is 79.9. The summed E-state index contributed by atoms with van der Waals surface area (Å²) in [6, 6.07) is 11.4. The fraction of sp³-hybridized carbons (Fsp3) is 0.167. The molecular formula is C18H16BrClN2O4S. The van der Waals surface area contributed by atoms with Gasteiger partial charge in [0.15, 0.2) is 0 Å². The number of rotatable bonds is 6. The molecule has 1 aromatic heterocycles. The first-order chi connectivity index (χ1) is 12.8. The number of ether oxygens (including phenoxy) is 1. The fourth-order valence-corrected chi connectivity index (χ4v) is 4.43. The molecule has 142 valence electrons. The molecular weight excluding hydrogens is 456 g/mol. The summed E-state index contributed by atoms with van der Waals surface area (Å²) in [6.07, 6.45) is -0.107. The van der Waals surface area contributed by atoms with E-state index in [1.54, 1.807) is 24.3 Å². The van der Waals surface area contributed by atoms with E-state index in [1.165, 1.54) is 18.2 Å². The lowest BCUT2D eigenvalue weighted by atomic mass is 10.2. The number of carbonyl (C=O) groups is 1. The Bertz CT molecular complexity index is 1110. The zero-order chi connectivity index (χ0) is 19.6. The van der Waals surface area contributed by atoms with Crippen LogP contribution in [0.15, 0.2) is 51.8 Å². The molecule has 3 aromatic rings. The summed E-state index contributed by atoms with van der Waals surface area (Å²) >= 11 is 9.22. The Kier molecular flexibility index (Phi) is 5.78. The highest BCUT2D eigenvalue weighted by molar-refractivity contribution is 9.10. The van der Waals surface area contributed by atoms with Crippen molar-refractivity contribution < 1.29 is 17.9 Å². The van der Waals surface area contributed by atoms with Gasteiger partial charge in [-0.3, -0.25) is 4.79 Å². The van der Waals surface area contributed by atoms with E-state index in [9.17, 15) is 13.2 Å². The summed E-state index contributed by atoms with van der Waals surface area (Å²) in [5, 5.41) is 1.43. The number of halogens is 2. The van der Waals surface area contributed by atoms with E-state index in [2.05, 4.69) is 25.6 Å². The predicted molar refractivity (Wildman–Crippen MR) is 108 cm³/mol. The number of fused-ring (bicyclic) bond motifs is 1. The van der Waals surface area contributed by atoms with Crippen molar-refractivity contribution >= 4 is 54.4 Å². The van der Waals surface area contributed by atoms with E-state index >= 15 is 0 Å². The number of hydrogen-bond donors (Lipinski definition) is 2. The van der Waals surface area contributed by atoms with Gasteiger partial charge in [-0.25, -0.2) is 13.1 Å². The van der Waals surface area contributed by atoms with E-state index in [1.807, 2.05) is 6.92 Å². The molecule has 2 aromatic carbocycles. The molecule has 0 atom stereocenters. The summed E-state index contributed by atoms with van der Waals surface area (Å²) in [4.78, 5) is 15.3. The first-order valence-corrected chi connectivity index (χ1v) is 10.7. The molecule has 2 N–H and O–H groups in total. The van der Waals surface area contributed by atoms with Crippen molar-refractivity contribution in [2.24, 2.45) is 0 Å². The van der Waals surface area contributed by atoms with Crippen molar-refractivity contribution in [1.82, 2.24) is 9.71 Å². The zero-order valence-corrected chi connectivity index (χ0v) is 17.4. The van der Waals surface area contributed by atoms with Crippen molar-refractivity contribution in [3.8, 4) is 5.75 Å². The lowest BCUT2D eigenvalue weighted by Gasteiger charge is -2.09. The Balaban J connectivity index is 1.74. The van der Waals surface area contributed by atoms with Crippen LogP contribution in [0.3, 0.4) is 0 Å². The van der Waals surface area contributed by atoms with Gasteiger partial charge in [0, 0.05) is 21.6 Å². The first-order valence-electron chi connectivity index (χ1n) is 8.03. The van der Waals surface area contributed by atoms with Crippen LogP contribution in [0.1, 0.15) is 12.6 Å². The number of H-pyrrole nitrogens is 1. The standard InChI is InChI=1S/C18H16BrClN2O4S/c1-2-26-17-6-4-14(10-15(17)19)27(24,25)22-18(23)9-13-8-11-7-12(20)3-5-16(11)21-13/h3-8,10,21H,2,9H2,1H3,(H,22,23). The highest BCUT2D eigenvalue weighted by Gasteiger charge is 2.19. The van der Waals surface area contributed by atoms with Crippen LogP contribution in [-0.4, -0.2) is 25.9 Å². The molecule has 0 aliphatic carbocycles. The van der Waals surface area contributed by atoms with Crippen LogP contribution in [0.5, 0.6) is 5.75 Å². The lowest BCUT2D eigenvalue weighted by Crippen LogP contribution is -2.31. The second-order valence-electron chi connectivity index (χ2n) is 5.76. The molecule has 0 fully saturated rings. The maximum absolute atomic E-state index is 12.4. The molecule has 0 aliphatic rings. The average Bonchev–Trinajstić information content (AvgIpc) is 2.97. The van der Waals surface area contributed by atoms with Crippen molar-refractivity contribution in [1.29, 1.82) is 0 Å². The molecule has 1 amide bonds. The minimum absolute atomic E-state index is 0.0328. The molecule has 0 aliphatic heterocycles. The van der Waals surface area contributed by atoms with Crippen molar-refractivity contribution in [2.45, 2.75) is 18.2 Å². The minimum atomic E-state index is -3.99. The molecule has 1 heterocycles. The van der Waals surface area contributed by atoms with Crippen LogP contribution in [0.25, 0.3) is 10.9 Å². The van der Waals surface area contributed by atoms with Crippen molar-refractivity contribution in [2.75, 3.05) is 6.61 Å². The predicted octanol–water partition coefficient (Wildman–Crippen LogP) is 4.03. The molecule has 0 unspecified atom stereocenters. The van der Waals surface area contributed by atoms with Gasteiger partial charge in [0.25, 0.3) is 10.0 Å². The molecule has 27 heavy (non-hydrogen) atoms. The van der Waals surface area contributed by atoms with Gasteiger partial charge in [-0.1, -0.05) is 11.6 Å². The number of amides is 1. The van der Waals surface area contributed by atoms with Gasteiger partial charge in [0.05, 0.1) is 22.4 Å². The summed E-state index contributed by atoms with van der Waals surface area (Å²) in [7, 11) is -3.99. The Morgan fingerprint density at radius 1 is 1.22 bits per heavy atom. The minimum Gasteiger partial charge on any atom is -0.493 e. The third-order valence-corrected chi connectivity index (χ3v) is 5.98. The third-order valence-electron chi connectivity index (χ3n) is 3.75. The number of aromatic amines is 1. The Morgan fingerprint density at radius 3 is 2.70 bits per heavy atom. The van der Waals surface area contributed by atoms with Crippen LogP contribution >= 0.6 is 27.5 Å². The molecule has 0 spiro atoms. The number of carbonyl (C=O) groups excluding carboxylic acids is 1. The molecule has 0 radical (unpaired) electrons. The third kappa shape index (κ3) is 4.63. The van der Waals surface area contributed by atoms with E-state index in [0.717, 1.165) is 10.9 Å². The SMILES string of the molecule is CCOc1ccc(S(=O)(=O)NC(=O)Cc2cc3cc(Cl)ccc3[nH]2)cc1Br. The molecule has 0 saturated heterocycles. The molecule has 3 rings (SSSR count). The number of sulfonamides is 1. The number of hydrogen-bond acceptors (Lipinski definition) is 4. The van der Waals surface area contributed by atoms with E-state index in [4.69, 9.17) is 16.3 Å². The maximum atomic E-state index is 12.4. The Morgan fingerprint density at radius 2 is 2.00 bits per heavy atom. The largest absolute Gasteiger partial charge is 0.493 e. The fourth-order valence-electron chi connectivity index (χ4n) is 2.60. The highest BCUT2D eigenvalue weighted by Crippen LogP contribution is 2.28. The van der Waals surface area contributed by atoms with Crippen molar-refractivity contribution in [3.63, 3.8) is 0 Å². The molecule has 6 nitrogen and oxygen atoms in total. The maximum Gasteiger partial charge on any atom is 0.264 e. The van der Waals surface area contributed by atoms with Gasteiger partial charge < -0.3 is 9.72 Å². The summed E-state index contributed by atoms with van der Waals surface area (Å²) < 4.78 is 32.8. The molecule has 0 saturated carbocycles. The second kappa shape index (κ2) is 7.92. The van der Waals surface area contributed by atoms with Crippen molar-refractivity contribution in [3.05, 3.63) is 57.7 Å². The molecule has 9 heteroatoms. The van der Waals surface area contributed by atoms with Crippen LogP contribution in [0.4, 0.5) is 0 Å². The smallest absolute Gasteiger partial charge is 0.264 e. The quantitative estimate of drug-likeness (QED) is 0.568. The average molecular weight is 472 g/mol. The number of nitrogens with one attached hydrogen (secondary N) is 2. The van der Waals surface area contributed by atoms with Gasteiger partial charge >= 0.3 is 0 Å². The van der Waals surface area contributed by atoms with Crippen LogP contribution in [0.2, 0.25) is 5.02 Å². The van der Waals surface area contributed by atoms with Gasteiger partial charge in [-0.05, 0) is 65.3 Å². The first kappa shape index (κ1) is 19.7. The van der Waals surface area contributed by atoms with Crippen LogP contribution < -0.4 is 9.46 Å². The van der Waals surface area contributed by atoms with Gasteiger partial charge in [-0.2, -0.15) is 0 Å². The monoisotopic (exact) mass is 470 g/mol. The van der Waals surface area contributed by atoms with Gasteiger partial charge in [0.1, 0.15) is 5.75 Å². The lowest BCUT2D eigenvalue weighted by molar-refractivity contribution is -0.118. The summed E-state index contributed by atoms with van der Waals surface area (Å²) in [5.41, 5.74) is 1.41. The second-order valence-corrected chi connectivity index (χ2v) is 8.73. The van der Waals surface area contributed by atoms with E-state index < -0.39 is 15.9 Å². The zero-order valence-electron chi connectivity index (χ0n) is 14.3. The number of aromatic nitrogens is 1. The van der Waals surface area contributed by atoms with Gasteiger partial charge in [0.2, 0.25) is 5.91 Å². The van der Waals surface area contributed by atoms with E-state index in [0.29, 0.717) is 27.5 Å². The Labute approximate surface area is 170 Å². The normalized spacial score (nSPS) is 11.5. The van der Waals surface area contributed by atoms with E-state index in [-0.39, 0.29) is 11.3 Å². The van der Waals surface area contributed by atoms with Gasteiger partial charge in [-0.15, -0.1) is 0 Å². The summed E-state index contributed by atoms with van der Waals surface area (Å²) in [5.74, 6) is -0.114.